The van der Waals surface area contributed by atoms with Crippen LogP contribution in [-0.2, 0) is 9.53 Å². The van der Waals surface area contributed by atoms with Crippen molar-refractivity contribution < 1.29 is 19.1 Å². The Labute approximate surface area is 227 Å². The first-order valence-electron chi connectivity index (χ1n) is 12.8. The van der Waals surface area contributed by atoms with Gasteiger partial charge in [-0.3, -0.25) is 14.5 Å². The summed E-state index contributed by atoms with van der Waals surface area (Å²) in [5, 5.41) is 8.24. The maximum atomic E-state index is 13.8. The molecule has 0 radical (unpaired) electrons. The average Bonchev–Trinajstić information content (AvgIpc) is 3.67. The van der Waals surface area contributed by atoms with Crippen molar-refractivity contribution in [2.24, 2.45) is 5.10 Å². The van der Waals surface area contributed by atoms with Crippen LogP contribution < -0.4 is 4.74 Å². The molecule has 8 nitrogen and oxygen atoms in total. The minimum absolute atomic E-state index is 0.0379. The highest BCUT2D eigenvalue weighted by Crippen LogP contribution is 2.33. The Morgan fingerprint density at radius 3 is 2.50 bits per heavy atom. The van der Waals surface area contributed by atoms with Crippen molar-refractivity contribution in [3.05, 3.63) is 88.1 Å². The van der Waals surface area contributed by atoms with Crippen LogP contribution >= 0.6 is 11.3 Å². The normalized spacial score (nSPS) is 17.8. The minimum Gasteiger partial charge on any atom is -0.497 e. The van der Waals surface area contributed by atoms with Gasteiger partial charge in [-0.2, -0.15) is 5.10 Å². The Hall–Kier alpha value is -3.53. The number of amides is 2. The number of rotatable bonds is 9. The van der Waals surface area contributed by atoms with Crippen LogP contribution in [0.5, 0.6) is 5.75 Å². The number of hydrogen-bond acceptors (Lipinski definition) is 7. The number of benzene rings is 2. The van der Waals surface area contributed by atoms with Gasteiger partial charge < -0.3 is 14.4 Å². The van der Waals surface area contributed by atoms with E-state index in [1.165, 1.54) is 11.3 Å². The molecule has 0 unspecified atom stereocenters. The van der Waals surface area contributed by atoms with E-state index in [9.17, 15) is 9.59 Å². The predicted octanol–water partition coefficient (Wildman–Crippen LogP) is 3.91. The van der Waals surface area contributed by atoms with Gasteiger partial charge in [0, 0.05) is 32.6 Å². The van der Waals surface area contributed by atoms with Gasteiger partial charge in [-0.15, -0.1) is 11.3 Å². The molecule has 38 heavy (non-hydrogen) atoms. The van der Waals surface area contributed by atoms with Crippen LogP contribution in [0, 0.1) is 0 Å². The molecule has 0 bridgehead atoms. The lowest BCUT2D eigenvalue weighted by atomic mass is 9.98. The maximum Gasteiger partial charge on any atom is 0.264 e. The Morgan fingerprint density at radius 2 is 1.82 bits per heavy atom. The first-order chi connectivity index (χ1) is 18.6. The van der Waals surface area contributed by atoms with Crippen LogP contribution in [-0.4, -0.2) is 85.4 Å². The molecule has 1 fully saturated rings. The van der Waals surface area contributed by atoms with E-state index in [-0.39, 0.29) is 24.4 Å². The summed E-state index contributed by atoms with van der Waals surface area (Å²) in [6, 6.07) is 21.1. The summed E-state index contributed by atoms with van der Waals surface area (Å²) in [6.07, 6.45) is 0.592. The fourth-order valence-corrected chi connectivity index (χ4v) is 5.45. The lowest BCUT2D eigenvalue weighted by Gasteiger charge is -2.31. The first-order valence-corrected chi connectivity index (χ1v) is 13.7. The molecular weight excluding hydrogens is 500 g/mol. The standard InChI is InChI=1S/C29H32N4O4S/c1-36-24-11-9-22(10-12-24)25-20-26(23-6-3-2-4-7-23)33(30-25)28(34)21-32(29(35)27-8-5-19-38-27)14-13-31-15-17-37-18-16-31/h2-12,19,26H,13-18,20-21H2,1H3/t26-/m0/s1. The van der Waals surface area contributed by atoms with Crippen molar-refractivity contribution in [3.8, 4) is 5.75 Å². The van der Waals surface area contributed by atoms with Crippen LogP contribution in [0.1, 0.15) is 33.3 Å². The van der Waals surface area contributed by atoms with Crippen LogP contribution in [0.2, 0.25) is 0 Å². The number of hydrogen-bond donors (Lipinski definition) is 0. The lowest BCUT2D eigenvalue weighted by Crippen LogP contribution is -2.46. The van der Waals surface area contributed by atoms with E-state index >= 15 is 0 Å². The highest BCUT2D eigenvalue weighted by Gasteiger charge is 2.34. The molecule has 198 valence electrons. The van der Waals surface area contributed by atoms with Crippen LogP contribution in [0.15, 0.2) is 77.2 Å². The zero-order valence-electron chi connectivity index (χ0n) is 21.5. The topological polar surface area (TPSA) is 74.7 Å². The second-order valence-electron chi connectivity index (χ2n) is 9.30. The van der Waals surface area contributed by atoms with E-state index < -0.39 is 0 Å². The molecular formula is C29H32N4O4S. The van der Waals surface area contributed by atoms with E-state index in [0.29, 0.717) is 37.6 Å². The number of carbonyl (C=O) groups excluding carboxylic acids is 2. The number of morpholine rings is 1. The molecule has 2 aromatic carbocycles. The van der Waals surface area contributed by atoms with Gasteiger partial charge in [-0.05, 0) is 46.8 Å². The highest BCUT2D eigenvalue weighted by atomic mass is 32.1. The van der Waals surface area contributed by atoms with Gasteiger partial charge >= 0.3 is 0 Å². The number of ether oxygens (including phenoxy) is 2. The third-order valence-corrected chi connectivity index (χ3v) is 7.77. The fraction of sp³-hybridized carbons (Fsp3) is 0.345. The minimum atomic E-state index is -0.237. The SMILES string of the molecule is COc1ccc(C2=NN(C(=O)CN(CCN3CCOCC3)C(=O)c3cccs3)[C@H](c3ccccc3)C2)cc1. The largest absolute Gasteiger partial charge is 0.497 e. The van der Waals surface area contributed by atoms with Gasteiger partial charge in [-0.25, -0.2) is 5.01 Å². The third kappa shape index (κ3) is 6.12. The van der Waals surface area contributed by atoms with Gasteiger partial charge in [-0.1, -0.05) is 36.4 Å². The molecule has 1 saturated heterocycles. The smallest absolute Gasteiger partial charge is 0.264 e. The van der Waals surface area contributed by atoms with E-state index in [1.54, 1.807) is 17.0 Å². The number of thiophene rings is 1. The Balaban J connectivity index is 1.38. The Kier molecular flexibility index (Phi) is 8.47. The molecule has 2 aliphatic rings. The van der Waals surface area contributed by atoms with E-state index in [4.69, 9.17) is 14.6 Å². The summed E-state index contributed by atoms with van der Waals surface area (Å²) in [5.74, 6) is 0.438. The second-order valence-corrected chi connectivity index (χ2v) is 10.2. The molecule has 0 saturated carbocycles. The average molecular weight is 533 g/mol. The third-order valence-electron chi connectivity index (χ3n) is 6.91. The van der Waals surface area contributed by atoms with Gasteiger partial charge in [0.25, 0.3) is 11.8 Å². The molecule has 9 heteroatoms. The van der Waals surface area contributed by atoms with Crippen molar-refractivity contribution >= 4 is 28.9 Å². The number of carbonyl (C=O) groups is 2. The zero-order chi connectivity index (χ0) is 26.3. The molecule has 1 atom stereocenters. The lowest BCUT2D eigenvalue weighted by molar-refractivity contribution is -0.133. The molecule has 0 spiro atoms. The van der Waals surface area contributed by atoms with Gasteiger partial charge in [0.05, 0.1) is 37.0 Å². The summed E-state index contributed by atoms with van der Waals surface area (Å²) in [4.78, 5) is 31.8. The van der Waals surface area contributed by atoms with E-state index in [1.807, 2.05) is 72.1 Å². The van der Waals surface area contributed by atoms with Gasteiger partial charge in [0.1, 0.15) is 12.3 Å². The first kappa shape index (κ1) is 26.1. The molecule has 0 aliphatic carbocycles. The van der Waals surface area contributed by atoms with E-state index in [2.05, 4.69) is 4.90 Å². The molecule has 3 aromatic rings. The molecule has 0 N–H and O–H groups in total. The van der Waals surface area contributed by atoms with Gasteiger partial charge in [0.15, 0.2) is 0 Å². The summed E-state index contributed by atoms with van der Waals surface area (Å²) >= 11 is 1.39. The van der Waals surface area contributed by atoms with Crippen molar-refractivity contribution in [1.29, 1.82) is 0 Å². The van der Waals surface area contributed by atoms with Crippen molar-refractivity contribution in [2.45, 2.75) is 12.5 Å². The molecule has 2 amide bonds. The zero-order valence-corrected chi connectivity index (χ0v) is 22.3. The second kappa shape index (κ2) is 12.3. The number of hydrazone groups is 1. The molecule has 2 aliphatic heterocycles. The van der Waals surface area contributed by atoms with Crippen LogP contribution in [0.3, 0.4) is 0 Å². The summed E-state index contributed by atoms with van der Waals surface area (Å²) in [5.41, 5.74) is 2.79. The van der Waals surface area contributed by atoms with Crippen molar-refractivity contribution in [3.63, 3.8) is 0 Å². The fourth-order valence-electron chi connectivity index (χ4n) is 4.76. The predicted molar refractivity (Wildman–Crippen MR) is 148 cm³/mol. The maximum absolute atomic E-state index is 13.8. The molecule has 3 heterocycles. The van der Waals surface area contributed by atoms with Gasteiger partial charge in [0.2, 0.25) is 0 Å². The monoisotopic (exact) mass is 532 g/mol. The van der Waals surface area contributed by atoms with E-state index in [0.717, 1.165) is 35.7 Å². The van der Waals surface area contributed by atoms with Crippen LogP contribution in [0.4, 0.5) is 0 Å². The van der Waals surface area contributed by atoms with Crippen LogP contribution in [0.25, 0.3) is 0 Å². The highest BCUT2D eigenvalue weighted by molar-refractivity contribution is 7.12. The van der Waals surface area contributed by atoms with Crippen molar-refractivity contribution in [1.82, 2.24) is 14.8 Å². The molecule has 5 rings (SSSR count). The molecule has 1 aromatic heterocycles. The summed E-state index contributed by atoms with van der Waals surface area (Å²) < 4.78 is 10.7. The Bertz CT molecular complexity index is 1240. The summed E-state index contributed by atoms with van der Waals surface area (Å²) in [7, 11) is 1.64. The Morgan fingerprint density at radius 1 is 1.05 bits per heavy atom. The van der Waals surface area contributed by atoms with Crippen molar-refractivity contribution in [2.75, 3.05) is 53.0 Å². The summed E-state index contributed by atoms with van der Waals surface area (Å²) in [6.45, 7) is 4.14. The quantitative estimate of drug-likeness (QED) is 0.418. The number of nitrogens with zero attached hydrogens (tertiary/aromatic N) is 4. The number of methoxy groups -OCH3 is 1.